The quantitative estimate of drug-likeness (QED) is 0.698. The summed E-state index contributed by atoms with van der Waals surface area (Å²) in [7, 11) is 3.08. The maximum atomic E-state index is 2.39. The molecule has 1 rings (SSSR count). The van der Waals surface area contributed by atoms with Crippen LogP contribution in [0.2, 0.25) is 18.1 Å². The van der Waals surface area contributed by atoms with Crippen LogP contribution >= 0.6 is 0 Å². The molecule has 0 atom stereocenters. The third-order valence-corrected chi connectivity index (χ3v) is 9.80. The number of nitrogens with zero attached hydrogens (tertiary/aromatic N) is 1. The fraction of sp³-hybridized carbons (Fsp3) is 0.600. The zero-order valence-electron chi connectivity index (χ0n) is 12.1. The van der Waals surface area contributed by atoms with Gasteiger partial charge in [0.25, 0.3) is 0 Å². The van der Waals surface area contributed by atoms with Gasteiger partial charge in [0.1, 0.15) is 0 Å². The van der Waals surface area contributed by atoms with E-state index >= 15 is 0 Å². The van der Waals surface area contributed by atoms with Crippen LogP contribution in [0.4, 0.5) is 0 Å². The zero-order valence-corrected chi connectivity index (χ0v) is 13.1. The first kappa shape index (κ1) is 14.5. The van der Waals surface area contributed by atoms with Gasteiger partial charge in [0.05, 0.1) is 8.07 Å². The minimum absolute atomic E-state index is 1.07. The summed E-state index contributed by atoms with van der Waals surface area (Å²) in [5.41, 5.74) is 1.55. The number of benzene rings is 1. The second-order valence-electron chi connectivity index (χ2n) is 5.24. The van der Waals surface area contributed by atoms with Crippen molar-refractivity contribution < 1.29 is 0 Å². The highest BCUT2D eigenvalue weighted by Crippen LogP contribution is 2.22. The van der Waals surface area contributed by atoms with E-state index in [0.717, 1.165) is 6.54 Å². The van der Waals surface area contributed by atoms with Crippen molar-refractivity contribution >= 4 is 13.3 Å². The molecule has 0 aromatic heterocycles. The second-order valence-corrected chi connectivity index (χ2v) is 10.5. The van der Waals surface area contributed by atoms with Crippen LogP contribution in [0, 0.1) is 0 Å². The van der Waals surface area contributed by atoms with Gasteiger partial charge in [-0.05, 0) is 19.7 Å². The van der Waals surface area contributed by atoms with Crippen molar-refractivity contribution in [2.45, 2.75) is 45.4 Å². The summed E-state index contributed by atoms with van der Waals surface area (Å²) in [5, 5.41) is 1.70. The first-order chi connectivity index (χ1) is 8.09. The minimum Gasteiger partial charge on any atom is -0.305 e. The Bertz CT molecular complexity index is 334. The van der Waals surface area contributed by atoms with Crippen molar-refractivity contribution in [2.75, 3.05) is 14.1 Å². The van der Waals surface area contributed by atoms with Gasteiger partial charge in [-0.15, -0.1) is 0 Å². The van der Waals surface area contributed by atoms with Crippen molar-refractivity contribution in [2.24, 2.45) is 0 Å². The molecule has 0 saturated heterocycles. The lowest BCUT2D eigenvalue weighted by Gasteiger charge is -2.31. The summed E-state index contributed by atoms with van der Waals surface area (Å²) in [6, 6.07) is 13.2. The van der Waals surface area contributed by atoms with E-state index in [1.165, 1.54) is 18.1 Å². The predicted octanol–water partition coefficient (Wildman–Crippen LogP) is 3.46. The van der Waals surface area contributed by atoms with Gasteiger partial charge in [-0.25, -0.2) is 0 Å². The summed E-state index contributed by atoms with van der Waals surface area (Å²) in [6.07, 6.45) is 0. The highest BCUT2D eigenvalue weighted by molar-refractivity contribution is 6.92. The molecule has 0 aliphatic carbocycles. The Hall–Kier alpha value is -0.603. The molecule has 0 N–H and O–H groups in total. The van der Waals surface area contributed by atoms with Crippen LogP contribution in [0.15, 0.2) is 24.3 Å². The molecule has 0 aliphatic rings. The number of hydrogen-bond donors (Lipinski definition) is 0. The Morgan fingerprint density at radius 3 is 1.94 bits per heavy atom. The average Bonchev–Trinajstić information content (AvgIpc) is 2.33. The summed E-state index contributed by atoms with van der Waals surface area (Å²) in [4.78, 5) is 2.28. The van der Waals surface area contributed by atoms with Gasteiger partial charge in [-0.3, -0.25) is 0 Å². The molecular weight excluding hydrogens is 222 g/mol. The normalized spacial score (nSPS) is 12.1. The maximum Gasteiger partial charge on any atom is 0.0863 e. The van der Waals surface area contributed by atoms with Gasteiger partial charge < -0.3 is 4.90 Å². The Morgan fingerprint density at radius 2 is 1.47 bits per heavy atom. The minimum atomic E-state index is -1.23. The van der Waals surface area contributed by atoms with Crippen LogP contribution in [0.5, 0.6) is 0 Å². The monoisotopic (exact) mass is 249 g/mol. The Balaban J connectivity index is 3.18. The molecule has 2 heteroatoms. The third-order valence-electron chi connectivity index (χ3n) is 4.11. The lowest BCUT2D eigenvalue weighted by atomic mass is 10.2. The smallest absolute Gasteiger partial charge is 0.0863 e. The van der Waals surface area contributed by atoms with Gasteiger partial charge in [0, 0.05) is 6.54 Å². The molecule has 96 valence electrons. The van der Waals surface area contributed by atoms with Crippen molar-refractivity contribution in [1.29, 1.82) is 0 Å². The average molecular weight is 249 g/mol. The van der Waals surface area contributed by atoms with Gasteiger partial charge in [-0.2, -0.15) is 0 Å². The van der Waals surface area contributed by atoms with Crippen molar-refractivity contribution in [3.8, 4) is 0 Å². The summed E-state index contributed by atoms with van der Waals surface area (Å²) >= 11 is 0. The van der Waals surface area contributed by atoms with Crippen LogP contribution in [0.25, 0.3) is 0 Å². The fourth-order valence-corrected chi connectivity index (χ4v) is 6.77. The van der Waals surface area contributed by atoms with Crippen LogP contribution < -0.4 is 5.19 Å². The van der Waals surface area contributed by atoms with Gasteiger partial charge >= 0.3 is 0 Å². The molecule has 1 aromatic rings. The molecule has 17 heavy (non-hydrogen) atoms. The highest BCUT2D eigenvalue weighted by Gasteiger charge is 2.30. The first-order valence-electron chi connectivity index (χ1n) is 6.82. The SMILES string of the molecule is CC[Si](CC)(CC)c1ccccc1CN(C)C. The molecule has 0 bridgehead atoms. The Labute approximate surface area is 108 Å². The van der Waals surface area contributed by atoms with Gasteiger partial charge in [0.2, 0.25) is 0 Å². The van der Waals surface area contributed by atoms with Crippen molar-refractivity contribution in [3.05, 3.63) is 29.8 Å². The van der Waals surface area contributed by atoms with Crippen LogP contribution in [-0.2, 0) is 6.54 Å². The molecule has 0 amide bonds. The molecule has 0 radical (unpaired) electrons. The maximum absolute atomic E-state index is 2.39. The number of rotatable bonds is 6. The zero-order chi connectivity index (χ0) is 12.9. The van der Waals surface area contributed by atoms with E-state index in [4.69, 9.17) is 0 Å². The van der Waals surface area contributed by atoms with Crippen LogP contribution in [0.3, 0.4) is 0 Å². The Kier molecular flexibility index (Phi) is 5.41. The molecule has 1 aromatic carbocycles. The van der Waals surface area contributed by atoms with E-state index in [9.17, 15) is 0 Å². The lowest BCUT2D eigenvalue weighted by Crippen LogP contribution is -2.48. The molecule has 0 spiro atoms. The lowest BCUT2D eigenvalue weighted by molar-refractivity contribution is 0.403. The molecule has 0 heterocycles. The van der Waals surface area contributed by atoms with E-state index in [2.05, 4.69) is 64.0 Å². The molecule has 0 aliphatic heterocycles. The topological polar surface area (TPSA) is 3.24 Å². The van der Waals surface area contributed by atoms with E-state index in [1.807, 2.05) is 0 Å². The predicted molar refractivity (Wildman–Crippen MR) is 80.7 cm³/mol. The van der Waals surface area contributed by atoms with E-state index in [-0.39, 0.29) is 0 Å². The van der Waals surface area contributed by atoms with Crippen LogP contribution in [-0.4, -0.2) is 27.1 Å². The van der Waals surface area contributed by atoms with Crippen molar-refractivity contribution in [1.82, 2.24) is 4.90 Å². The van der Waals surface area contributed by atoms with E-state index in [0.29, 0.717) is 0 Å². The molecule has 0 saturated carbocycles. The van der Waals surface area contributed by atoms with Crippen LogP contribution in [0.1, 0.15) is 26.3 Å². The van der Waals surface area contributed by atoms with Gasteiger partial charge in [0.15, 0.2) is 0 Å². The number of hydrogen-bond acceptors (Lipinski definition) is 1. The van der Waals surface area contributed by atoms with E-state index < -0.39 is 8.07 Å². The molecule has 0 unspecified atom stereocenters. The highest BCUT2D eigenvalue weighted by atomic mass is 28.3. The summed E-state index contributed by atoms with van der Waals surface area (Å²) in [5.74, 6) is 0. The largest absolute Gasteiger partial charge is 0.305 e. The molecular formula is C15H27NSi. The molecule has 1 nitrogen and oxygen atoms in total. The van der Waals surface area contributed by atoms with Crippen molar-refractivity contribution in [3.63, 3.8) is 0 Å². The Morgan fingerprint density at radius 1 is 0.941 bits per heavy atom. The summed E-state index contributed by atoms with van der Waals surface area (Å²) < 4.78 is 0. The standard InChI is InChI=1S/C15H27NSi/c1-6-17(7-2,8-3)15-12-10-9-11-14(15)13-16(4)5/h9-12H,6-8,13H2,1-5H3. The molecule has 0 fully saturated rings. The second kappa shape index (κ2) is 6.36. The van der Waals surface area contributed by atoms with Gasteiger partial charge in [-0.1, -0.05) is 68.4 Å². The third kappa shape index (κ3) is 3.20. The fourth-order valence-electron chi connectivity index (χ4n) is 2.84. The van der Waals surface area contributed by atoms with E-state index in [1.54, 1.807) is 10.8 Å². The first-order valence-corrected chi connectivity index (χ1v) is 9.44. The summed E-state index contributed by atoms with van der Waals surface area (Å²) in [6.45, 7) is 8.22.